The van der Waals surface area contributed by atoms with E-state index in [2.05, 4.69) is 10.3 Å². The molecule has 0 fully saturated rings. The Bertz CT molecular complexity index is 897. The van der Waals surface area contributed by atoms with Crippen LogP contribution in [0.2, 0.25) is 0 Å². The normalized spacial score (nSPS) is 13.3. The lowest BCUT2D eigenvalue weighted by atomic mass is 10.2. The summed E-state index contributed by atoms with van der Waals surface area (Å²) in [5, 5.41) is 3.17. The molecule has 0 radical (unpaired) electrons. The Kier molecular flexibility index (Phi) is 4.89. The molecule has 0 saturated carbocycles. The smallest absolute Gasteiger partial charge is 0.349 e. The summed E-state index contributed by atoms with van der Waals surface area (Å²) >= 11 is 1.15. The van der Waals surface area contributed by atoms with Gasteiger partial charge in [-0.25, -0.2) is 9.78 Å². The van der Waals surface area contributed by atoms with Crippen molar-refractivity contribution in [1.29, 1.82) is 0 Å². The molecule has 0 saturated heterocycles. The number of carbonyl (C=O) groups excluding carboxylic acids is 2. The predicted octanol–water partition coefficient (Wildman–Crippen LogP) is 1.64. The van der Waals surface area contributed by atoms with Crippen molar-refractivity contribution < 1.29 is 14.3 Å². The topological polar surface area (TPSA) is 90.3 Å². The molecule has 1 aliphatic heterocycles. The van der Waals surface area contributed by atoms with E-state index in [1.807, 2.05) is 13.8 Å². The number of carbonyl (C=O) groups is 2. The van der Waals surface area contributed by atoms with Gasteiger partial charge in [-0.2, -0.15) is 0 Å². The molecule has 2 aromatic heterocycles. The summed E-state index contributed by atoms with van der Waals surface area (Å²) in [5.74, 6) is 0.167. The Balaban J connectivity index is 1.79. The summed E-state index contributed by atoms with van der Waals surface area (Å²) in [5.41, 5.74) is 0.479. The summed E-state index contributed by atoms with van der Waals surface area (Å²) in [4.78, 5) is 42.0. The number of esters is 1. The van der Waals surface area contributed by atoms with Crippen LogP contribution in [0.3, 0.4) is 0 Å². The molecular formula is C17H21N3O4S. The molecule has 0 atom stereocenters. The molecule has 0 bridgehead atoms. The first kappa shape index (κ1) is 17.6. The van der Waals surface area contributed by atoms with Crippen LogP contribution in [0.1, 0.15) is 41.3 Å². The van der Waals surface area contributed by atoms with Crippen LogP contribution >= 0.6 is 11.3 Å². The summed E-state index contributed by atoms with van der Waals surface area (Å²) in [6, 6.07) is 0. The van der Waals surface area contributed by atoms with Gasteiger partial charge in [-0.3, -0.25) is 14.2 Å². The van der Waals surface area contributed by atoms with Crippen LogP contribution in [0, 0.1) is 12.8 Å². The van der Waals surface area contributed by atoms with Gasteiger partial charge >= 0.3 is 5.97 Å². The van der Waals surface area contributed by atoms with E-state index >= 15 is 0 Å². The molecule has 2 aromatic rings. The molecule has 0 unspecified atom stereocenters. The molecule has 8 heteroatoms. The standard InChI is InChI=1S/C17H21N3O4S/c1-9(2)7-18-12(21)8-24-17(23)14-10(3)13-15(25-14)19-11-5-4-6-20(11)16(13)22/h9H,4-8H2,1-3H3,(H,18,21). The fourth-order valence-corrected chi connectivity index (χ4v) is 3.92. The van der Waals surface area contributed by atoms with Crippen molar-refractivity contribution in [1.82, 2.24) is 14.9 Å². The van der Waals surface area contributed by atoms with E-state index in [1.165, 1.54) is 0 Å². The van der Waals surface area contributed by atoms with Crippen LogP contribution in [0.4, 0.5) is 0 Å². The highest BCUT2D eigenvalue weighted by atomic mass is 32.1. The van der Waals surface area contributed by atoms with Gasteiger partial charge in [0.15, 0.2) is 6.61 Å². The maximum absolute atomic E-state index is 12.6. The minimum Gasteiger partial charge on any atom is -0.451 e. The number of fused-ring (bicyclic) bond motifs is 2. The van der Waals surface area contributed by atoms with Gasteiger partial charge in [-0.05, 0) is 24.8 Å². The zero-order chi connectivity index (χ0) is 18.1. The SMILES string of the molecule is Cc1c(C(=O)OCC(=O)NCC(C)C)sc2nc3n(c(=O)c12)CCC3. The van der Waals surface area contributed by atoms with Crippen molar-refractivity contribution in [3.05, 3.63) is 26.6 Å². The van der Waals surface area contributed by atoms with Crippen molar-refractivity contribution in [2.45, 2.75) is 40.2 Å². The number of hydrogen-bond acceptors (Lipinski definition) is 6. The van der Waals surface area contributed by atoms with Crippen LogP contribution in [0.5, 0.6) is 0 Å². The molecule has 3 heterocycles. The average Bonchev–Trinajstić information content (AvgIpc) is 3.16. The third kappa shape index (κ3) is 3.44. The Labute approximate surface area is 149 Å². The van der Waals surface area contributed by atoms with E-state index in [9.17, 15) is 14.4 Å². The number of nitrogens with one attached hydrogen (secondary N) is 1. The predicted molar refractivity (Wildman–Crippen MR) is 95.1 cm³/mol. The summed E-state index contributed by atoms with van der Waals surface area (Å²) in [7, 11) is 0. The number of hydrogen-bond donors (Lipinski definition) is 1. The van der Waals surface area contributed by atoms with E-state index in [0.29, 0.717) is 39.7 Å². The molecule has 1 amide bonds. The number of thiophene rings is 1. The zero-order valence-electron chi connectivity index (χ0n) is 14.5. The molecule has 134 valence electrons. The van der Waals surface area contributed by atoms with Crippen molar-refractivity contribution in [2.24, 2.45) is 5.92 Å². The highest BCUT2D eigenvalue weighted by molar-refractivity contribution is 7.20. The first-order chi connectivity index (χ1) is 11.9. The van der Waals surface area contributed by atoms with Crippen LogP contribution in [-0.4, -0.2) is 34.6 Å². The van der Waals surface area contributed by atoms with Crippen molar-refractivity contribution >= 4 is 33.4 Å². The molecular weight excluding hydrogens is 342 g/mol. The van der Waals surface area contributed by atoms with Crippen LogP contribution in [0.25, 0.3) is 10.2 Å². The van der Waals surface area contributed by atoms with Gasteiger partial charge in [0.1, 0.15) is 15.5 Å². The Morgan fingerprint density at radius 3 is 2.88 bits per heavy atom. The minimum absolute atomic E-state index is 0.0972. The quantitative estimate of drug-likeness (QED) is 0.816. The lowest BCUT2D eigenvalue weighted by Gasteiger charge is -2.08. The van der Waals surface area contributed by atoms with Gasteiger partial charge in [0.05, 0.1) is 5.39 Å². The minimum atomic E-state index is -0.593. The monoisotopic (exact) mass is 363 g/mol. The van der Waals surface area contributed by atoms with Crippen molar-refractivity contribution in [2.75, 3.05) is 13.2 Å². The van der Waals surface area contributed by atoms with Crippen LogP contribution in [0.15, 0.2) is 4.79 Å². The van der Waals surface area contributed by atoms with E-state index in [0.717, 1.165) is 30.0 Å². The number of aryl methyl sites for hydroxylation is 2. The number of nitrogens with zero attached hydrogens (tertiary/aromatic N) is 2. The maximum Gasteiger partial charge on any atom is 0.349 e. The van der Waals surface area contributed by atoms with E-state index in [1.54, 1.807) is 11.5 Å². The van der Waals surface area contributed by atoms with E-state index in [-0.39, 0.29) is 18.1 Å². The molecule has 0 aliphatic carbocycles. The average molecular weight is 363 g/mol. The van der Waals surface area contributed by atoms with Crippen LogP contribution in [-0.2, 0) is 22.5 Å². The highest BCUT2D eigenvalue weighted by Gasteiger charge is 2.24. The van der Waals surface area contributed by atoms with Crippen molar-refractivity contribution in [3.8, 4) is 0 Å². The van der Waals surface area contributed by atoms with Gasteiger partial charge in [0.25, 0.3) is 11.5 Å². The van der Waals surface area contributed by atoms with Crippen LogP contribution < -0.4 is 10.9 Å². The van der Waals surface area contributed by atoms with E-state index in [4.69, 9.17) is 4.74 Å². The molecule has 0 aromatic carbocycles. The largest absolute Gasteiger partial charge is 0.451 e. The number of amides is 1. The maximum atomic E-state index is 12.6. The third-order valence-corrected chi connectivity index (χ3v) is 5.30. The lowest BCUT2D eigenvalue weighted by Crippen LogP contribution is -2.31. The van der Waals surface area contributed by atoms with Gasteiger partial charge in [0, 0.05) is 19.5 Å². The first-order valence-corrected chi connectivity index (χ1v) is 9.16. The van der Waals surface area contributed by atoms with Crippen molar-refractivity contribution in [3.63, 3.8) is 0 Å². The Morgan fingerprint density at radius 1 is 1.40 bits per heavy atom. The number of ether oxygens (including phenoxy) is 1. The second-order valence-electron chi connectivity index (χ2n) is 6.60. The fourth-order valence-electron chi connectivity index (χ4n) is 2.84. The molecule has 0 spiro atoms. The third-order valence-electron chi connectivity index (χ3n) is 4.14. The molecule has 1 aliphatic rings. The zero-order valence-corrected chi connectivity index (χ0v) is 15.4. The molecule has 1 N–H and O–H groups in total. The van der Waals surface area contributed by atoms with Gasteiger partial charge < -0.3 is 10.1 Å². The highest BCUT2D eigenvalue weighted by Crippen LogP contribution is 2.29. The summed E-state index contributed by atoms with van der Waals surface area (Å²) in [6.45, 7) is 6.56. The second-order valence-corrected chi connectivity index (χ2v) is 7.60. The first-order valence-electron chi connectivity index (χ1n) is 8.35. The number of rotatable bonds is 5. The fraction of sp³-hybridized carbons (Fsp3) is 0.529. The van der Waals surface area contributed by atoms with Gasteiger partial charge in [-0.1, -0.05) is 13.8 Å². The number of aromatic nitrogens is 2. The molecule has 25 heavy (non-hydrogen) atoms. The molecule has 3 rings (SSSR count). The van der Waals surface area contributed by atoms with E-state index < -0.39 is 5.97 Å². The summed E-state index contributed by atoms with van der Waals surface area (Å²) < 4.78 is 6.77. The Morgan fingerprint density at radius 2 is 2.16 bits per heavy atom. The summed E-state index contributed by atoms with van der Waals surface area (Å²) in [6.07, 6.45) is 1.69. The molecule has 7 nitrogen and oxygen atoms in total. The van der Waals surface area contributed by atoms with Gasteiger partial charge in [-0.15, -0.1) is 11.3 Å². The Hall–Kier alpha value is -2.22. The second kappa shape index (κ2) is 6.95. The van der Waals surface area contributed by atoms with Gasteiger partial charge in [0.2, 0.25) is 0 Å². The lowest BCUT2D eigenvalue weighted by molar-refractivity contribution is -0.124.